The summed E-state index contributed by atoms with van der Waals surface area (Å²) in [6.07, 6.45) is 6.99. The number of hydrogen-bond donors (Lipinski definition) is 3. The summed E-state index contributed by atoms with van der Waals surface area (Å²) in [5, 5.41) is 16.2. The lowest BCUT2D eigenvalue weighted by molar-refractivity contribution is 0.171. The average Bonchev–Trinajstić information content (AvgIpc) is 3.18. The Balaban J connectivity index is 1.29. The number of nitrogens with zero attached hydrogens (tertiary/aromatic N) is 4. The zero-order valence-corrected chi connectivity index (χ0v) is 18.4. The number of aliphatic imine (C=N–C) groups is 1. The molecule has 2 aliphatic rings. The fourth-order valence-corrected chi connectivity index (χ4v) is 4.87. The molecule has 3 aromatic rings. The van der Waals surface area contributed by atoms with Gasteiger partial charge in [-0.05, 0) is 63.4 Å². The van der Waals surface area contributed by atoms with E-state index in [-0.39, 0.29) is 5.88 Å². The van der Waals surface area contributed by atoms with Crippen LogP contribution in [-0.4, -0.2) is 36.6 Å². The molecule has 32 heavy (non-hydrogen) atoms. The van der Waals surface area contributed by atoms with Gasteiger partial charge in [0.05, 0.1) is 11.4 Å². The quantitative estimate of drug-likeness (QED) is 0.565. The first-order chi connectivity index (χ1) is 15.4. The van der Waals surface area contributed by atoms with Crippen molar-refractivity contribution in [2.75, 3.05) is 5.73 Å². The number of anilines is 1. The van der Waals surface area contributed by atoms with Crippen LogP contribution >= 0.6 is 0 Å². The third-order valence-electron chi connectivity index (χ3n) is 6.58. The highest BCUT2D eigenvalue weighted by Gasteiger charge is 2.35. The highest BCUT2D eigenvalue weighted by Crippen LogP contribution is 2.40. The molecule has 8 heteroatoms. The van der Waals surface area contributed by atoms with Gasteiger partial charge in [-0.15, -0.1) is 0 Å². The van der Waals surface area contributed by atoms with Crippen LogP contribution in [0.5, 0.6) is 11.8 Å². The van der Waals surface area contributed by atoms with Gasteiger partial charge in [-0.3, -0.25) is 0 Å². The number of fused-ring (bicyclic) bond motifs is 1. The zero-order chi connectivity index (χ0) is 22.3. The molecule has 1 aliphatic carbocycles. The second kappa shape index (κ2) is 7.93. The molecule has 0 radical (unpaired) electrons. The molecule has 0 spiro atoms. The number of nitrogens with one attached hydrogen (secondary N) is 1. The lowest BCUT2D eigenvalue weighted by Gasteiger charge is -2.32. The molecule has 4 N–H and O–H groups in total. The summed E-state index contributed by atoms with van der Waals surface area (Å²) in [6.45, 7) is 3.97. The van der Waals surface area contributed by atoms with Crippen LogP contribution in [-0.2, 0) is 6.42 Å². The monoisotopic (exact) mass is 432 g/mol. The van der Waals surface area contributed by atoms with Crippen molar-refractivity contribution >= 4 is 17.2 Å². The van der Waals surface area contributed by atoms with Crippen molar-refractivity contribution in [1.82, 2.24) is 20.2 Å². The van der Waals surface area contributed by atoms with Crippen molar-refractivity contribution in [3.05, 3.63) is 53.5 Å². The minimum Gasteiger partial charge on any atom is -0.494 e. The van der Waals surface area contributed by atoms with Crippen molar-refractivity contribution in [2.45, 2.75) is 57.5 Å². The van der Waals surface area contributed by atoms with E-state index in [1.54, 1.807) is 6.07 Å². The van der Waals surface area contributed by atoms with Gasteiger partial charge in [-0.2, -0.15) is 10.1 Å². The average molecular weight is 433 g/mol. The number of ether oxygens (including phenoxy) is 1. The fourth-order valence-electron chi connectivity index (χ4n) is 4.87. The Morgan fingerprint density at radius 1 is 1.12 bits per heavy atom. The first kappa shape index (κ1) is 20.5. The summed E-state index contributed by atoms with van der Waals surface area (Å²) in [5.41, 5.74) is 10.0. The zero-order valence-electron chi connectivity index (χ0n) is 18.4. The molecule has 0 unspecified atom stereocenters. The molecule has 1 saturated carbocycles. The fraction of sp³-hybridized carbons (Fsp3) is 0.417. The van der Waals surface area contributed by atoms with Gasteiger partial charge in [0, 0.05) is 11.6 Å². The van der Waals surface area contributed by atoms with Crippen LogP contribution in [0.1, 0.15) is 62.3 Å². The number of nitrogens with two attached hydrogens (primary N) is 1. The number of H-pyrrole nitrogens is 1. The van der Waals surface area contributed by atoms with Crippen molar-refractivity contribution < 1.29 is 9.84 Å². The van der Waals surface area contributed by atoms with Crippen LogP contribution in [0.25, 0.3) is 0 Å². The van der Waals surface area contributed by atoms with Crippen molar-refractivity contribution in [2.24, 2.45) is 10.9 Å². The van der Waals surface area contributed by atoms with E-state index in [1.807, 2.05) is 13.8 Å². The number of aromatic hydroxyl groups is 1. The Kier molecular flexibility index (Phi) is 5.07. The summed E-state index contributed by atoms with van der Waals surface area (Å²) < 4.78 is 6.09. The van der Waals surface area contributed by atoms with Gasteiger partial charge in [0.1, 0.15) is 11.9 Å². The summed E-state index contributed by atoms with van der Waals surface area (Å²) >= 11 is 0. The van der Waals surface area contributed by atoms with Gasteiger partial charge in [-0.25, -0.2) is 15.1 Å². The second-order valence-corrected chi connectivity index (χ2v) is 9.27. The van der Waals surface area contributed by atoms with E-state index in [9.17, 15) is 5.11 Å². The number of hydrogen-bond acceptors (Lipinski definition) is 7. The highest BCUT2D eigenvalue weighted by molar-refractivity contribution is 6.09. The molecule has 0 saturated heterocycles. The van der Waals surface area contributed by atoms with Crippen molar-refractivity contribution in [3.8, 4) is 11.8 Å². The molecular weight excluding hydrogens is 404 g/mol. The van der Waals surface area contributed by atoms with Gasteiger partial charge in [0.25, 0.3) is 0 Å². The third kappa shape index (κ3) is 3.92. The van der Waals surface area contributed by atoms with E-state index < -0.39 is 5.60 Å². The van der Waals surface area contributed by atoms with Crippen LogP contribution in [0.4, 0.5) is 11.5 Å². The van der Waals surface area contributed by atoms with Crippen LogP contribution < -0.4 is 10.5 Å². The predicted octanol–water partition coefficient (Wildman–Crippen LogP) is 4.30. The summed E-state index contributed by atoms with van der Waals surface area (Å²) in [4.78, 5) is 13.0. The Labute approximate surface area is 187 Å². The lowest BCUT2D eigenvalue weighted by atomic mass is 9.77. The van der Waals surface area contributed by atoms with E-state index in [1.165, 1.54) is 24.7 Å². The summed E-state index contributed by atoms with van der Waals surface area (Å²) in [5.74, 6) is 2.07. The number of rotatable bonds is 4. The van der Waals surface area contributed by atoms with E-state index in [0.717, 1.165) is 36.2 Å². The second-order valence-electron chi connectivity index (χ2n) is 9.27. The van der Waals surface area contributed by atoms with E-state index >= 15 is 0 Å². The standard InChI is InChI=1S/C24H28N6O2/c1-24(2)21(28-20-22(25)26-13-27-23(20)32-24)17-9-7-16(8-10-17)15-5-3-14(4-6-15)11-18-12-19(31)30-29-18/h7-10,12-15H,3-6,11H2,1-2H3,(H2,25,26,27)(H2,29,30,31)/t14-,15-. The maximum atomic E-state index is 9.44. The first-order valence-electron chi connectivity index (χ1n) is 11.1. The van der Waals surface area contributed by atoms with Crippen LogP contribution in [0.3, 0.4) is 0 Å². The minimum atomic E-state index is -0.617. The van der Waals surface area contributed by atoms with Gasteiger partial charge in [0.2, 0.25) is 11.8 Å². The SMILES string of the molecule is CC1(C)Oc2ncnc(N)c2N=C1c1ccc([C@H]2CC[C@H](Cc3cc(O)[nH]n3)CC2)cc1. The Morgan fingerprint density at radius 2 is 1.88 bits per heavy atom. The number of aromatic nitrogens is 4. The highest BCUT2D eigenvalue weighted by atomic mass is 16.5. The van der Waals surface area contributed by atoms with Crippen molar-refractivity contribution in [3.63, 3.8) is 0 Å². The Hall–Kier alpha value is -3.42. The number of nitrogen functional groups attached to an aromatic ring is 1. The Morgan fingerprint density at radius 3 is 2.56 bits per heavy atom. The van der Waals surface area contributed by atoms with E-state index in [4.69, 9.17) is 15.5 Å². The molecule has 1 aliphatic heterocycles. The molecule has 0 amide bonds. The van der Waals surface area contributed by atoms with Gasteiger partial charge < -0.3 is 15.6 Å². The Bertz CT molecular complexity index is 1140. The van der Waals surface area contributed by atoms with Crippen molar-refractivity contribution in [1.29, 1.82) is 0 Å². The molecule has 5 rings (SSSR count). The topological polar surface area (TPSA) is 122 Å². The molecule has 1 aromatic carbocycles. The molecule has 166 valence electrons. The molecule has 8 nitrogen and oxygen atoms in total. The molecule has 3 heterocycles. The van der Waals surface area contributed by atoms with Crippen LogP contribution in [0.15, 0.2) is 41.7 Å². The van der Waals surface area contributed by atoms with Gasteiger partial charge in [-0.1, -0.05) is 24.3 Å². The van der Waals surface area contributed by atoms with E-state index in [0.29, 0.717) is 29.2 Å². The van der Waals surface area contributed by atoms with Crippen LogP contribution in [0, 0.1) is 5.92 Å². The summed E-state index contributed by atoms with van der Waals surface area (Å²) in [7, 11) is 0. The van der Waals surface area contributed by atoms with Gasteiger partial charge in [0.15, 0.2) is 11.5 Å². The normalized spacial score (nSPS) is 22.0. The number of aromatic amines is 1. The molecule has 0 atom stereocenters. The first-order valence-corrected chi connectivity index (χ1v) is 11.1. The van der Waals surface area contributed by atoms with Crippen LogP contribution in [0.2, 0.25) is 0 Å². The van der Waals surface area contributed by atoms with E-state index in [2.05, 4.69) is 44.4 Å². The third-order valence-corrected chi connectivity index (χ3v) is 6.58. The molecule has 0 bridgehead atoms. The summed E-state index contributed by atoms with van der Waals surface area (Å²) in [6, 6.07) is 10.4. The molecular formula is C24H28N6O2. The van der Waals surface area contributed by atoms with Gasteiger partial charge >= 0.3 is 0 Å². The molecule has 1 fully saturated rings. The molecule has 2 aromatic heterocycles. The maximum Gasteiger partial charge on any atom is 0.246 e. The maximum absolute atomic E-state index is 9.44. The predicted molar refractivity (Wildman–Crippen MR) is 122 cm³/mol. The number of benzene rings is 1. The smallest absolute Gasteiger partial charge is 0.246 e. The lowest BCUT2D eigenvalue weighted by Crippen LogP contribution is -2.41. The largest absolute Gasteiger partial charge is 0.494 e. The minimum absolute atomic E-state index is 0.142.